The molecule has 0 aliphatic rings. The van der Waals surface area contributed by atoms with Crippen LogP contribution in [0.2, 0.25) is 0 Å². The zero-order valence-corrected chi connectivity index (χ0v) is 15.5. The van der Waals surface area contributed by atoms with Gasteiger partial charge in [-0.1, -0.05) is 18.2 Å². The van der Waals surface area contributed by atoms with Crippen molar-refractivity contribution >= 4 is 11.2 Å². The standard InChI is InChI=1S/C21H17F3O3S/c22-21(23,24)16-7-9-17(10-8-16)27-20-4-2-1-3-19(20)15-5-11-18(12-6-15)28(26)14-13-25/h1-12,25H,13-14H2. The van der Waals surface area contributed by atoms with E-state index in [4.69, 9.17) is 9.84 Å². The van der Waals surface area contributed by atoms with Crippen LogP contribution in [-0.4, -0.2) is 22.0 Å². The monoisotopic (exact) mass is 406 g/mol. The summed E-state index contributed by atoms with van der Waals surface area (Å²) in [4.78, 5) is 0.610. The highest BCUT2D eigenvalue weighted by atomic mass is 32.2. The second-order valence-corrected chi connectivity index (χ2v) is 7.49. The van der Waals surface area contributed by atoms with E-state index in [1.54, 1.807) is 36.4 Å². The molecule has 7 heteroatoms. The Labute approximate surface area is 163 Å². The quantitative estimate of drug-likeness (QED) is 0.568. The lowest BCUT2D eigenvalue weighted by atomic mass is 10.0. The molecule has 146 valence electrons. The van der Waals surface area contributed by atoms with Crippen LogP contribution in [0.1, 0.15) is 5.56 Å². The van der Waals surface area contributed by atoms with E-state index in [2.05, 4.69) is 0 Å². The smallest absolute Gasteiger partial charge is 0.416 e. The number of aliphatic hydroxyl groups is 1. The molecule has 1 N–H and O–H groups in total. The first-order chi connectivity index (χ1) is 13.4. The van der Waals surface area contributed by atoms with Crippen molar-refractivity contribution in [3.05, 3.63) is 78.4 Å². The molecule has 0 spiro atoms. The van der Waals surface area contributed by atoms with Crippen molar-refractivity contribution in [3.63, 3.8) is 0 Å². The fourth-order valence-corrected chi connectivity index (χ4v) is 3.46. The number of para-hydroxylation sites is 1. The molecule has 0 aliphatic heterocycles. The van der Waals surface area contributed by atoms with Gasteiger partial charge in [0.15, 0.2) is 4.90 Å². The molecule has 0 radical (unpaired) electrons. The minimum atomic E-state index is -4.39. The lowest BCUT2D eigenvalue weighted by Crippen LogP contribution is -2.09. The predicted octanol–water partition coefficient (Wildman–Crippen LogP) is 5.26. The summed E-state index contributed by atoms with van der Waals surface area (Å²) in [5.74, 6) is 0.958. The second-order valence-electron chi connectivity index (χ2n) is 5.92. The Morgan fingerprint density at radius 1 is 0.893 bits per heavy atom. The Balaban J connectivity index is 1.83. The fraction of sp³-hybridized carbons (Fsp3) is 0.143. The zero-order valence-electron chi connectivity index (χ0n) is 14.6. The van der Waals surface area contributed by atoms with Crippen molar-refractivity contribution < 1.29 is 27.6 Å². The van der Waals surface area contributed by atoms with E-state index in [-0.39, 0.29) is 12.4 Å². The molecule has 3 nitrogen and oxygen atoms in total. The summed E-state index contributed by atoms with van der Waals surface area (Å²) in [5.41, 5.74) is 0.828. The van der Waals surface area contributed by atoms with Crippen LogP contribution < -0.4 is 4.74 Å². The molecule has 0 amide bonds. The van der Waals surface area contributed by atoms with Gasteiger partial charge >= 0.3 is 6.18 Å². The molecule has 0 saturated carbocycles. The molecule has 0 aliphatic carbocycles. The fourth-order valence-electron chi connectivity index (χ4n) is 2.62. The van der Waals surface area contributed by atoms with Gasteiger partial charge in [0, 0.05) is 5.56 Å². The molecule has 1 atom stereocenters. The highest BCUT2D eigenvalue weighted by Gasteiger charge is 2.30. The maximum absolute atomic E-state index is 12.7. The van der Waals surface area contributed by atoms with Crippen LogP contribution in [0.3, 0.4) is 0 Å². The molecular weight excluding hydrogens is 389 g/mol. The molecule has 0 saturated heterocycles. The van der Waals surface area contributed by atoms with Crippen molar-refractivity contribution in [3.8, 4) is 22.6 Å². The number of halogens is 3. The van der Waals surface area contributed by atoms with Crippen molar-refractivity contribution in [2.75, 3.05) is 12.4 Å². The third-order valence-corrected chi connectivity index (χ3v) is 5.35. The SMILES string of the molecule is [O-][S+](CCO)c1ccc(-c2ccccc2Oc2ccc(C(F)(F)F)cc2)cc1. The summed E-state index contributed by atoms with van der Waals surface area (Å²) in [6.45, 7) is -0.155. The summed E-state index contributed by atoms with van der Waals surface area (Å²) in [6, 6.07) is 18.7. The van der Waals surface area contributed by atoms with Crippen molar-refractivity contribution in [2.45, 2.75) is 11.1 Å². The number of alkyl halides is 3. The van der Waals surface area contributed by atoms with Gasteiger partial charge in [-0.25, -0.2) is 0 Å². The van der Waals surface area contributed by atoms with Crippen LogP contribution in [-0.2, 0) is 17.4 Å². The molecule has 1 unspecified atom stereocenters. The Bertz CT molecular complexity index is 909. The van der Waals surface area contributed by atoms with Crippen LogP contribution in [0.15, 0.2) is 77.7 Å². The maximum Gasteiger partial charge on any atom is 0.416 e. The first-order valence-corrected chi connectivity index (χ1v) is 9.74. The van der Waals surface area contributed by atoms with Gasteiger partial charge < -0.3 is 14.4 Å². The molecule has 0 bridgehead atoms. The topological polar surface area (TPSA) is 52.5 Å². The summed E-state index contributed by atoms with van der Waals surface area (Å²) in [6.07, 6.45) is -4.39. The van der Waals surface area contributed by atoms with Crippen molar-refractivity contribution in [2.24, 2.45) is 0 Å². The van der Waals surface area contributed by atoms with Gasteiger partial charge in [-0.3, -0.25) is 0 Å². The number of hydrogen-bond acceptors (Lipinski definition) is 3. The summed E-state index contributed by atoms with van der Waals surface area (Å²) in [5, 5.41) is 8.90. The van der Waals surface area contributed by atoms with E-state index in [0.29, 0.717) is 16.4 Å². The summed E-state index contributed by atoms with van der Waals surface area (Å²) >= 11 is -1.27. The molecule has 0 heterocycles. The van der Waals surface area contributed by atoms with Crippen LogP contribution in [0.25, 0.3) is 11.1 Å². The third kappa shape index (κ3) is 4.86. The highest BCUT2D eigenvalue weighted by molar-refractivity contribution is 7.91. The molecular formula is C21H17F3O3S. The molecule has 3 rings (SSSR count). The van der Waals surface area contributed by atoms with E-state index in [0.717, 1.165) is 23.3 Å². The third-order valence-electron chi connectivity index (χ3n) is 4.00. The number of ether oxygens (including phenoxy) is 1. The number of rotatable bonds is 6. The Morgan fingerprint density at radius 3 is 2.14 bits per heavy atom. The Hall–Kier alpha value is -2.48. The molecule has 3 aromatic carbocycles. The van der Waals surface area contributed by atoms with Crippen LogP contribution >= 0.6 is 0 Å². The number of hydrogen-bond donors (Lipinski definition) is 1. The summed E-state index contributed by atoms with van der Waals surface area (Å²) in [7, 11) is 0. The lowest BCUT2D eigenvalue weighted by Gasteiger charge is -2.13. The van der Waals surface area contributed by atoms with E-state index < -0.39 is 22.9 Å². The van der Waals surface area contributed by atoms with Gasteiger partial charge in [-0.15, -0.1) is 0 Å². The van der Waals surface area contributed by atoms with Crippen LogP contribution in [0, 0.1) is 0 Å². The number of aliphatic hydroxyl groups excluding tert-OH is 1. The largest absolute Gasteiger partial charge is 0.611 e. The van der Waals surface area contributed by atoms with Gasteiger partial charge in [0.2, 0.25) is 0 Å². The molecule has 0 fully saturated rings. The van der Waals surface area contributed by atoms with Crippen LogP contribution in [0.4, 0.5) is 13.2 Å². The van der Waals surface area contributed by atoms with Gasteiger partial charge in [0.1, 0.15) is 17.3 Å². The first-order valence-electron chi connectivity index (χ1n) is 8.42. The van der Waals surface area contributed by atoms with Gasteiger partial charge in [-0.05, 0) is 71.3 Å². The van der Waals surface area contributed by atoms with E-state index >= 15 is 0 Å². The first kappa shape index (κ1) is 20.3. The van der Waals surface area contributed by atoms with Gasteiger partial charge in [0.05, 0.1) is 12.2 Å². The molecule has 28 heavy (non-hydrogen) atoms. The molecule has 3 aromatic rings. The number of benzene rings is 3. The van der Waals surface area contributed by atoms with E-state index in [1.807, 2.05) is 12.1 Å². The van der Waals surface area contributed by atoms with Gasteiger partial charge in [-0.2, -0.15) is 13.2 Å². The second kappa shape index (κ2) is 8.68. The normalized spacial score (nSPS) is 12.6. The minimum Gasteiger partial charge on any atom is -0.611 e. The van der Waals surface area contributed by atoms with E-state index in [1.165, 1.54) is 12.1 Å². The van der Waals surface area contributed by atoms with E-state index in [9.17, 15) is 17.7 Å². The highest BCUT2D eigenvalue weighted by Crippen LogP contribution is 2.35. The zero-order chi connectivity index (χ0) is 20.1. The van der Waals surface area contributed by atoms with Crippen LogP contribution in [0.5, 0.6) is 11.5 Å². The minimum absolute atomic E-state index is 0.155. The Kier molecular flexibility index (Phi) is 6.28. The van der Waals surface area contributed by atoms with Gasteiger partial charge in [0.25, 0.3) is 0 Å². The predicted molar refractivity (Wildman–Crippen MR) is 102 cm³/mol. The Morgan fingerprint density at radius 2 is 1.54 bits per heavy atom. The van der Waals surface area contributed by atoms with Crippen molar-refractivity contribution in [1.29, 1.82) is 0 Å². The maximum atomic E-state index is 12.7. The average molecular weight is 406 g/mol. The average Bonchev–Trinajstić information content (AvgIpc) is 2.68. The summed E-state index contributed by atoms with van der Waals surface area (Å²) < 4.78 is 55.8. The molecule has 0 aromatic heterocycles. The lowest BCUT2D eigenvalue weighted by molar-refractivity contribution is -0.137. The van der Waals surface area contributed by atoms with Crippen molar-refractivity contribution in [1.82, 2.24) is 0 Å².